The van der Waals surface area contributed by atoms with Gasteiger partial charge in [-0.15, -0.1) is 0 Å². The molecule has 0 aliphatic heterocycles. The Morgan fingerprint density at radius 1 is 1.53 bits per heavy atom. The molecular formula is C9H6ClFN2OS. The highest BCUT2D eigenvalue weighted by molar-refractivity contribution is 7.98. The van der Waals surface area contributed by atoms with Crippen LogP contribution >= 0.6 is 23.4 Å². The van der Waals surface area contributed by atoms with E-state index in [1.807, 2.05) is 0 Å². The average Bonchev–Trinajstić information content (AvgIpc) is 2.19. The van der Waals surface area contributed by atoms with Gasteiger partial charge in [0.15, 0.2) is 11.0 Å². The van der Waals surface area contributed by atoms with Crippen LogP contribution in [0.2, 0.25) is 5.02 Å². The fourth-order valence-electron chi connectivity index (χ4n) is 1.24. The summed E-state index contributed by atoms with van der Waals surface area (Å²) in [6.45, 7) is 0. The van der Waals surface area contributed by atoms with Crippen molar-refractivity contribution in [3.63, 3.8) is 0 Å². The molecule has 0 aliphatic carbocycles. The summed E-state index contributed by atoms with van der Waals surface area (Å²) < 4.78 is 13.4. The minimum Gasteiger partial charge on any atom is -0.301 e. The molecule has 6 heteroatoms. The zero-order valence-electron chi connectivity index (χ0n) is 7.67. The summed E-state index contributed by atoms with van der Waals surface area (Å²) in [7, 11) is 0. The first-order valence-corrected chi connectivity index (χ1v) is 5.65. The fourth-order valence-corrected chi connectivity index (χ4v) is 1.83. The van der Waals surface area contributed by atoms with Gasteiger partial charge in [0.1, 0.15) is 5.52 Å². The molecule has 1 aromatic carbocycles. The molecule has 0 atom stereocenters. The lowest BCUT2D eigenvalue weighted by molar-refractivity contribution is 0.634. The van der Waals surface area contributed by atoms with Gasteiger partial charge in [0.25, 0.3) is 5.56 Å². The van der Waals surface area contributed by atoms with E-state index in [2.05, 4.69) is 9.97 Å². The van der Waals surface area contributed by atoms with Crippen LogP contribution in [0.3, 0.4) is 0 Å². The van der Waals surface area contributed by atoms with Crippen molar-refractivity contribution < 1.29 is 4.39 Å². The van der Waals surface area contributed by atoms with Crippen LogP contribution in [0.15, 0.2) is 22.1 Å². The highest BCUT2D eigenvalue weighted by Crippen LogP contribution is 2.20. The molecule has 15 heavy (non-hydrogen) atoms. The van der Waals surface area contributed by atoms with Gasteiger partial charge in [-0.1, -0.05) is 23.4 Å². The normalized spacial score (nSPS) is 10.9. The minimum atomic E-state index is -0.584. The van der Waals surface area contributed by atoms with E-state index >= 15 is 0 Å². The number of aromatic nitrogens is 2. The number of rotatable bonds is 1. The fraction of sp³-hybridized carbons (Fsp3) is 0.111. The molecule has 0 amide bonds. The van der Waals surface area contributed by atoms with Gasteiger partial charge in [-0.25, -0.2) is 9.37 Å². The third kappa shape index (κ3) is 1.85. The second-order valence-corrected chi connectivity index (χ2v) is 4.09. The summed E-state index contributed by atoms with van der Waals surface area (Å²) in [6.07, 6.45) is 1.75. The topological polar surface area (TPSA) is 45.8 Å². The van der Waals surface area contributed by atoms with Crippen LogP contribution in [0, 0.1) is 5.82 Å². The zero-order chi connectivity index (χ0) is 11.0. The van der Waals surface area contributed by atoms with Crippen molar-refractivity contribution in [2.45, 2.75) is 5.16 Å². The third-order valence-corrected chi connectivity index (χ3v) is 2.70. The maximum Gasteiger partial charge on any atom is 0.259 e. The molecule has 0 spiro atoms. The van der Waals surface area contributed by atoms with E-state index in [9.17, 15) is 9.18 Å². The molecule has 78 valence electrons. The van der Waals surface area contributed by atoms with Crippen molar-refractivity contribution >= 4 is 34.3 Å². The molecule has 0 saturated heterocycles. The Kier molecular flexibility index (Phi) is 2.67. The van der Waals surface area contributed by atoms with Gasteiger partial charge in [-0.3, -0.25) is 4.79 Å². The molecule has 0 bridgehead atoms. The summed E-state index contributed by atoms with van der Waals surface area (Å²) in [6, 6.07) is 2.54. The van der Waals surface area contributed by atoms with Crippen LogP contribution in [0.1, 0.15) is 0 Å². The molecule has 0 aliphatic rings. The summed E-state index contributed by atoms with van der Waals surface area (Å²) in [5.41, 5.74) is -0.335. The summed E-state index contributed by atoms with van der Waals surface area (Å²) in [4.78, 5) is 18.0. The minimum absolute atomic E-state index is 0.0486. The molecule has 3 nitrogen and oxygen atoms in total. The van der Waals surface area contributed by atoms with Crippen LogP contribution in [0.25, 0.3) is 10.9 Å². The van der Waals surface area contributed by atoms with Gasteiger partial charge in [0, 0.05) is 5.02 Å². The Bertz CT molecular complexity index is 584. The number of H-pyrrole nitrogens is 1. The first-order valence-electron chi connectivity index (χ1n) is 4.05. The van der Waals surface area contributed by atoms with Gasteiger partial charge >= 0.3 is 0 Å². The zero-order valence-corrected chi connectivity index (χ0v) is 9.25. The maximum absolute atomic E-state index is 13.4. The van der Waals surface area contributed by atoms with Crippen LogP contribution in [0.4, 0.5) is 4.39 Å². The van der Waals surface area contributed by atoms with E-state index in [0.717, 1.165) is 6.07 Å². The Morgan fingerprint density at radius 2 is 2.27 bits per heavy atom. The lowest BCUT2D eigenvalue weighted by Gasteiger charge is -2.01. The quantitative estimate of drug-likeness (QED) is 0.619. The second kappa shape index (κ2) is 3.83. The number of thioether (sulfide) groups is 1. The molecule has 0 unspecified atom stereocenters. The van der Waals surface area contributed by atoms with E-state index < -0.39 is 5.82 Å². The molecule has 0 saturated carbocycles. The summed E-state index contributed by atoms with van der Waals surface area (Å²) in [5.74, 6) is -0.584. The molecule has 0 fully saturated rings. The number of nitrogens with zero attached hydrogens (tertiary/aromatic N) is 1. The summed E-state index contributed by atoms with van der Waals surface area (Å²) >= 11 is 6.89. The van der Waals surface area contributed by atoms with Crippen molar-refractivity contribution in [1.82, 2.24) is 9.97 Å². The van der Waals surface area contributed by atoms with E-state index in [1.165, 1.54) is 17.8 Å². The number of hydrogen-bond acceptors (Lipinski definition) is 3. The molecule has 1 N–H and O–H groups in total. The predicted molar refractivity (Wildman–Crippen MR) is 59.1 cm³/mol. The Labute approximate surface area is 93.7 Å². The highest BCUT2D eigenvalue weighted by atomic mass is 35.5. The van der Waals surface area contributed by atoms with E-state index in [0.29, 0.717) is 5.16 Å². The van der Waals surface area contributed by atoms with Gasteiger partial charge in [0.05, 0.1) is 5.39 Å². The van der Waals surface area contributed by atoms with Crippen molar-refractivity contribution in [1.29, 1.82) is 0 Å². The van der Waals surface area contributed by atoms with Crippen LogP contribution in [-0.2, 0) is 0 Å². The average molecular weight is 245 g/mol. The summed E-state index contributed by atoms with van der Waals surface area (Å²) in [5, 5.41) is 0.732. The predicted octanol–water partition coefficient (Wildman–Crippen LogP) is 2.44. The molecule has 2 rings (SSSR count). The third-order valence-electron chi connectivity index (χ3n) is 1.90. The SMILES string of the molecule is CSc1nc2c(F)cc(Cl)cc2c(=O)[nH]1. The van der Waals surface area contributed by atoms with E-state index in [-0.39, 0.29) is 21.5 Å². The maximum atomic E-state index is 13.4. The van der Waals surface area contributed by atoms with Crippen LogP contribution in [-0.4, -0.2) is 16.2 Å². The number of halogens is 2. The van der Waals surface area contributed by atoms with Crippen molar-refractivity contribution in [3.8, 4) is 0 Å². The molecular weight excluding hydrogens is 239 g/mol. The number of nitrogens with one attached hydrogen (secondary N) is 1. The van der Waals surface area contributed by atoms with Crippen molar-refractivity contribution in [2.75, 3.05) is 6.26 Å². The molecule has 2 aromatic rings. The first-order chi connectivity index (χ1) is 7.11. The lowest BCUT2D eigenvalue weighted by atomic mass is 10.2. The Balaban J connectivity index is 2.91. The number of aromatic amines is 1. The largest absolute Gasteiger partial charge is 0.301 e. The van der Waals surface area contributed by atoms with Gasteiger partial charge in [0.2, 0.25) is 0 Å². The molecule has 0 radical (unpaired) electrons. The second-order valence-electron chi connectivity index (χ2n) is 2.86. The van der Waals surface area contributed by atoms with Gasteiger partial charge in [-0.05, 0) is 18.4 Å². The molecule has 1 heterocycles. The van der Waals surface area contributed by atoms with E-state index in [4.69, 9.17) is 11.6 Å². The van der Waals surface area contributed by atoms with Crippen molar-refractivity contribution in [2.24, 2.45) is 0 Å². The Morgan fingerprint density at radius 3 is 2.93 bits per heavy atom. The van der Waals surface area contributed by atoms with E-state index in [1.54, 1.807) is 6.26 Å². The van der Waals surface area contributed by atoms with Crippen LogP contribution < -0.4 is 5.56 Å². The first kappa shape index (κ1) is 10.4. The number of fused-ring (bicyclic) bond motifs is 1. The van der Waals surface area contributed by atoms with Gasteiger partial charge in [-0.2, -0.15) is 0 Å². The standard InChI is InChI=1S/C9H6ClFN2OS/c1-15-9-12-7-5(8(14)13-9)2-4(10)3-6(7)11/h2-3H,1H3,(H,12,13,14). The number of hydrogen-bond donors (Lipinski definition) is 1. The number of benzene rings is 1. The Hall–Kier alpha value is -1.07. The monoisotopic (exact) mass is 244 g/mol. The van der Waals surface area contributed by atoms with Crippen LogP contribution in [0.5, 0.6) is 0 Å². The molecule has 1 aromatic heterocycles. The lowest BCUT2D eigenvalue weighted by Crippen LogP contribution is -2.09. The van der Waals surface area contributed by atoms with Crippen molar-refractivity contribution in [3.05, 3.63) is 33.3 Å². The van der Waals surface area contributed by atoms with Gasteiger partial charge < -0.3 is 4.98 Å². The highest BCUT2D eigenvalue weighted by Gasteiger charge is 2.09. The smallest absolute Gasteiger partial charge is 0.259 e.